The van der Waals surface area contributed by atoms with E-state index in [2.05, 4.69) is 95.1 Å². The van der Waals surface area contributed by atoms with Crippen molar-refractivity contribution < 1.29 is 0 Å². The van der Waals surface area contributed by atoms with E-state index in [9.17, 15) is 0 Å². The summed E-state index contributed by atoms with van der Waals surface area (Å²) in [5.41, 5.74) is 12.8. The molecular weight excluding hydrogens is 611 g/mol. The molecule has 240 valence electrons. The Hall–Kier alpha value is -6.33. The van der Waals surface area contributed by atoms with Crippen LogP contribution in [-0.2, 0) is 0 Å². The molecule has 1 atom stereocenters. The molecule has 5 nitrogen and oxygen atoms in total. The highest BCUT2D eigenvalue weighted by atomic mass is 15.0. The van der Waals surface area contributed by atoms with Gasteiger partial charge in [0.1, 0.15) is 0 Å². The molecule has 7 aromatic rings. The number of aromatic nitrogens is 4. The fourth-order valence-corrected chi connectivity index (χ4v) is 6.28. The Balaban J connectivity index is 1.25. The maximum atomic E-state index is 5.06. The Morgan fingerprint density at radius 1 is 0.460 bits per heavy atom. The van der Waals surface area contributed by atoms with Gasteiger partial charge in [-0.2, -0.15) is 0 Å². The summed E-state index contributed by atoms with van der Waals surface area (Å²) in [7, 11) is 0. The highest BCUT2D eigenvalue weighted by Gasteiger charge is 2.16. The first kappa shape index (κ1) is 31.0. The van der Waals surface area contributed by atoms with Gasteiger partial charge in [0.15, 0.2) is 17.5 Å². The van der Waals surface area contributed by atoms with Gasteiger partial charge < -0.3 is 0 Å². The van der Waals surface area contributed by atoms with E-state index in [4.69, 9.17) is 15.0 Å². The van der Waals surface area contributed by atoms with Crippen LogP contribution in [0, 0.1) is 6.92 Å². The third-order valence-electron chi connectivity index (χ3n) is 9.15. The molecule has 0 bridgehead atoms. The van der Waals surface area contributed by atoms with Crippen molar-refractivity contribution in [1.82, 2.24) is 19.9 Å². The number of hydrogen-bond acceptors (Lipinski definition) is 5. The van der Waals surface area contributed by atoms with Crippen molar-refractivity contribution in [2.45, 2.75) is 26.2 Å². The summed E-state index contributed by atoms with van der Waals surface area (Å²) in [6.07, 6.45) is 7.17. The summed E-state index contributed by atoms with van der Waals surface area (Å²) in [6.45, 7) is 4.05. The molecule has 50 heavy (non-hydrogen) atoms. The lowest BCUT2D eigenvalue weighted by Gasteiger charge is -2.16. The van der Waals surface area contributed by atoms with E-state index in [0.717, 1.165) is 67.9 Å². The van der Waals surface area contributed by atoms with Gasteiger partial charge in [0, 0.05) is 52.0 Å². The first-order valence-corrected chi connectivity index (χ1v) is 16.9. The Bertz CT molecular complexity index is 2270. The normalized spacial score (nSPS) is 14.0. The van der Waals surface area contributed by atoms with Crippen LogP contribution >= 0.6 is 0 Å². The predicted molar refractivity (Wildman–Crippen MR) is 205 cm³/mol. The number of aryl methyl sites for hydroxylation is 1. The topological polar surface area (TPSA) is 63.9 Å². The van der Waals surface area contributed by atoms with E-state index in [1.54, 1.807) is 0 Å². The molecule has 5 aromatic carbocycles. The van der Waals surface area contributed by atoms with E-state index in [1.165, 1.54) is 5.56 Å². The highest BCUT2D eigenvalue weighted by molar-refractivity contribution is 5.81. The van der Waals surface area contributed by atoms with Gasteiger partial charge in [0.05, 0.1) is 0 Å². The van der Waals surface area contributed by atoms with Gasteiger partial charge in [-0.15, -0.1) is 0 Å². The summed E-state index contributed by atoms with van der Waals surface area (Å²) in [5, 5.41) is 0. The van der Waals surface area contributed by atoms with Gasteiger partial charge in [-0.1, -0.05) is 121 Å². The first-order valence-electron chi connectivity index (χ1n) is 16.9. The quantitative estimate of drug-likeness (QED) is 0.173. The van der Waals surface area contributed by atoms with Gasteiger partial charge in [-0.3, -0.25) is 9.98 Å². The van der Waals surface area contributed by atoms with Crippen LogP contribution in [0.5, 0.6) is 0 Å². The van der Waals surface area contributed by atoms with Crippen LogP contribution in [0.3, 0.4) is 0 Å². The molecule has 0 N–H and O–H groups in total. The zero-order valence-corrected chi connectivity index (χ0v) is 28.0. The zero-order chi connectivity index (χ0) is 33.9. The monoisotopic (exact) mass is 645 g/mol. The van der Waals surface area contributed by atoms with Gasteiger partial charge in [0.2, 0.25) is 0 Å². The molecule has 0 saturated heterocycles. The molecule has 0 saturated carbocycles. The average Bonchev–Trinajstić information content (AvgIpc) is 3.19. The van der Waals surface area contributed by atoms with Crippen LogP contribution in [-0.4, -0.2) is 26.2 Å². The number of rotatable bonds is 7. The highest BCUT2D eigenvalue weighted by Crippen LogP contribution is 2.35. The van der Waals surface area contributed by atoms with Crippen LogP contribution < -0.4 is 0 Å². The summed E-state index contributed by atoms with van der Waals surface area (Å²) in [5.74, 6) is 2.19. The maximum Gasteiger partial charge on any atom is 0.164 e. The molecule has 0 spiro atoms. The van der Waals surface area contributed by atoms with E-state index in [0.29, 0.717) is 17.5 Å². The first-order chi connectivity index (χ1) is 24.6. The second-order valence-electron chi connectivity index (χ2n) is 12.7. The SMILES string of the molecule is CC1=CCC(c2ccc(-c3cc(-c4ccc(-c5ccc(C)nc5)cc4)cc(-c4nc(-c5ccccc5)nc(-c5ccccc5)n4)c3)cc2)C=N1. The van der Waals surface area contributed by atoms with Crippen LogP contribution in [0.25, 0.3) is 67.5 Å². The molecule has 1 aliphatic rings. The Morgan fingerprint density at radius 2 is 0.940 bits per heavy atom. The Kier molecular flexibility index (Phi) is 8.46. The second-order valence-corrected chi connectivity index (χ2v) is 12.7. The molecule has 8 rings (SSSR count). The van der Waals surface area contributed by atoms with Crippen molar-refractivity contribution in [3.05, 3.63) is 169 Å². The minimum absolute atomic E-state index is 0.287. The fraction of sp³-hybridized carbons (Fsp3) is 0.0889. The molecule has 0 amide bonds. The molecule has 1 unspecified atom stereocenters. The molecule has 2 aromatic heterocycles. The fourth-order valence-electron chi connectivity index (χ4n) is 6.28. The summed E-state index contributed by atoms with van der Waals surface area (Å²) >= 11 is 0. The second kappa shape index (κ2) is 13.7. The number of nitrogens with zero attached hydrogens (tertiary/aromatic N) is 5. The van der Waals surface area contributed by atoms with E-state index in [-0.39, 0.29) is 5.92 Å². The minimum atomic E-state index is 0.287. The van der Waals surface area contributed by atoms with Crippen molar-refractivity contribution in [1.29, 1.82) is 0 Å². The standard InChI is InChI=1S/C45H35N5/c1-30-13-15-38(28-46-30)32-17-21-34(22-18-32)40-25-41(35-23-19-33(20-24-35)39-16-14-31(2)47-29-39)27-42(26-40)45-49-43(36-9-5-3-6-10-36)48-44(50-45)37-11-7-4-8-12-37/h3-15,17-29,39H,16H2,1-2H3. The summed E-state index contributed by atoms with van der Waals surface area (Å²) < 4.78 is 0. The lowest BCUT2D eigenvalue weighted by Crippen LogP contribution is -2.03. The Labute approximate surface area is 292 Å². The average molecular weight is 646 g/mol. The molecule has 0 radical (unpaired) electrons. The van der Waals surface area contributed by atoms with Crippen molar-refractivity contribution in [2.75, 3.05) is 0 Å². The molecule has 1 aliphatic heterocycles. The van der Waals surface area contributed by atoms with E-state index in [1.807, 2.05) is 86.8 Å². The van der Waals surface area contributed by atoms with Crippen molar-refractivity contribution in [2.24, 2.45) is 4.99 Å². The molecule has 3 heterocycles. The molecule has 5 heteroatoms. The van der Waals surface area contributed by atoms with E-state index >= 15 is 0 Å². The number of pyridine rings is 1. The smallest absolute Gasteiger partial charge is 0.164 e. The largest absolute Gasteiger partial charge is 0.266 e. The van der Waals surface area contributed by atoms with Crippen molar-refractivity contribution in [3.8, 4) is 67.5 Å². The van der Waals surface area contributed by atoms with Crippen LogP contribution in [0.2, 0.25) is 0 Å². The summed E-state index contributed by atoms with van der Waals surface area (Å²) in [4.78, 5) is 24.1. The molecule has 0 fully saturated rings. The molecule has 0 aliphatic carbocycles. The number of allylic oxidation sites excluding steroid dienone is 2. The third kappa shape index (κ3) is 6.67. The van der Waals surface area contributed by atoms with Gasteiger partial charge in [-0.25, -0.2) is 15.0 Å². The molecular formula is C45H35N5. The van der Waals surface area contributed by atoms with Crippen molar-refractivity contribution >= 4 is 6.21 Å². The van der Waals surface area contributed by atoms with Crippen molar-refractivity contribution in [3.63, 3.8) is 0 Å². The lowest BCUT2D eigenvalue weighted by molar-refractivity contribution is 0.892. The van der Waals surface area contributed by atoms with Gasteiger partial charge >= 0.3 is 0 Å². The summed E-state index contributed by atoms with van der Waals surface area (Å²) in [6, 6.07) is 48.5. The lowest BCUT2D eigenvalue weighted by atomic mass is 9.91. The number of hydrogen-bond donors (Lipinski definition) is 0. The minimum Gasteiger partial charge on any atom is -0.266 e. The predicted octanol–water partition coefficient (Wildman–Crippen LogP) is 11.0. The van der Waals surface area contributed by atoms with Crippen LogP contribution in [0.4, 0.5) is 0 Å². The van der Waals surface area contributed by atoms with Crippen LogP contribution in [0.1, 0.15) is 30.5 Å². The van der Waals surface area contributed by atoms with Gasteiger partial charge in [-0.05, 0) is 77.9 Å². The van der Waals surface area contributed by atoms with Crippen LogP contribution in [0.15, 0.2) is 162 Å². The number of aliphatic imine (C=N–C) groups is 1. The number of benzene rings is 5. The maximum absolute atomic E-state index is 5.06. The third-order valence-corrected chi connectivity index (χ3v) is 9.15. The van der Waals surface area contributed by atoms with Gasteiger partial charge in [0.25, 0.3) is 0 Å². The Morgan fingerprint density at radius 3 is 1.44 bits per heavy atom. The zero-order valence-electron chi connectivity index (χ0n) is 28.0. The van der Waals surface area contributed by atoms with E-state index < -0.39 is 0 Å².